The lowest BCUT2D eigenvalue weighted by atomic mass is 9.87. The van der Waals surface area contributed by atoms with Crippen molar-refractivity contribution >= 4 is 16.6 Å². The van der Waals surface area contributed by atoms with Crippen molar-refractivity contribution in [1.29, 1.82) is 0 Å². The first-order valence-corrected chi connectivity index (χ1v) is 11.8. The maximum Gasteiger partial charge on any atom is 0.142 e. The highest BCUT2D eigenvalue weighted by molar-refractivity contribution is 5.88. The number of hydrogen-bond donors (Lipinski definition) is 0. The molecule has 0 radical (unpaired) electrons. The number of pyridine rings is 1. The minimum atomic E-state index is 0.194. The van der Waals surface area contributed by atoms with Crippen molar-refractivity contribution in [3.05, 3.63) is 48.5 Å². The number of rotatable bonds is 5. The monoisotopic (exact) mass is 416 g/mol. The molecular weight excluding hydrogens is 384 g/mol. The first kappa shape index (κ1) is 20.4. The van der Waals surface area contributed by atoms with Crippen LogP contribution in [-0.4, -0.2) is 44.6 Å². The standard InChI is InChI=1S/C26H32N4O/c1-29-18-23(17-28-29)20-7-8-21-16-27-24(14-22(21)13-20)15-26(31)19-9-11-30(12-10-19)25-5-3-2-4-6-25/h7-8,13-14,16-19,25H,2-6,9-12,15H2,1H3. The number of ketones is 1. The van der Waals surface area contributed by atoms with E-state index in [2.05, 4.69) is 39.2 Å². The third-order valence-corrected chi connectivity index (χ3v) is 7.25. The summed E-state index contributed by atoms with van der Waals surface area (Å²) < 4.78 is 1.82. The second-order valence-corrected chi connectivity index (χ2v) is 9.39. The summed E-state index contributed by atoms with van der Waals surface area (Å²) in [5, 5.41) is 6.51. The Labute approximate surface area is 184 Å². The van der Waals surface area contributed by atoms with Crippen LogP contribution in [-0.2, 0) is 18.3 Å². The Morgan fingerprint density at radius 3 is 2.52 bits per heavy atom. The van der Waals surface area contributed by atoms with Gasteiger partial charge in [0.15, 0.2) is 0 Å². The van der Waals surface area contributed by atoms with Crippen LogP contribution in [0.4, 0.5) is 0 Å². The van der Waals surface area contributed by atoms with Gasteiger partial charge in [0.1, 0.15) is 5.78 Å². The topological polar surface area (TPSA) is 51.0 Å². The predicted molar refractivity (Wildman–Crippen MR) is 124 cm³/mol. The summed E-state index contributed by atoms with van der Waals surface area (Å²) in [5.74, 6) is 0.553. The molecule has 5 heteroatoms. The number of aromatic nitrogens is 3. The van der Waals surface area contributed by atoms with E-state index >= 15 is 0 Å². The summed E-state index contributed by atoms with van der Waals surface area (Å²) in [5.41, 5.74) is 3.12. The Balaban J connectivity index is 1.24. The number of fused-ring (bicyclic) bond motifs is 1. The summed E-state index contributed by atoms with van der Waals surface area (Å²) in [6, 6.07) is 9.22. The Kier molecular flexibility index (Phi) is 5.86. The molecule has 162 valence electrons. The van der Waals surface area contributed by atoms with Gasteiger partial charge in [-0.1, -0.05) is 31.4 Å². The zero-order valence-electron chi connectivity index (χ0n) is 18.5. The molecular formula is C26H32N4O. The first-order chi connectivity index (χ1) is 15.2. The third kappa shape index (κ3) is 4.57. The van der Waals surface area contributed by atoms with Gasteiger partial charge >= 0.3 is 0 Å². The van der Waals surface area contributed by atoms with Crippen LogP contribution < -0.4 is 0 Å². The minimum absolute atomic E-state index is 0.194. The highest BCUT2D eigenvalue weighted by atomic mass is 16.1. The number of benzene rings is 1. The molecule has 0 amide bonds. The normalized spacial score (nSPS) is 19.1. The first-order valence-electron chi connectivity index (χ1n) is 11.8. The molecule has 5 rings (SSSR count). The fourth-order valence-corrected chi connectivity index (χ4v) is 5.39. The zero-order chi connectivity index (χ0) is 21.2. The molecule has 3 heterocycles. The van der Waals surface area contributed by atoms with E-state index in [1.165, 1.54) is 32.1 Å². The van der Waals surface area contributed by atoms with E-state index in [1.807, 2.05) is 30.3 Å². The molecule has 1 aliphatic heterocycles. The average molecular weight is 417 g/mol. The van der Waals surface area contributed by atoms with Gasteiger partial charge in [-0.3, -0.25) is 14.5 Å². The molecule has 1 aromatic carbocycles. The number of aryl methyl sites for hydroxylation is 1. The molecule has 31 heavy (non-hydrogen) atoms. The quantitative estimate of drug-likeness (QED) is 0.600. The van der Waals surface area contributed by atoms with Crippen molar-refractivity contribution in [1.82, 2.24) is 19.7 Å². The van der Waals surface area contributed by atoms with E-state index in [-0.39, 0.29) is 5.92 Å². The van der Waals surface area contributed by atoms with Gasteiger partial charge in [-0.25, -0.2) is 0 Å². The zero-order valence-corrected chi connectivity index (χ0v) is 18.5. The smallest absolute Gasteiger partial charge is 0.142 e. The Bertz CT molecular complexity index is 1060. The lowest BCUT2D eigenvalue weighted by Gasteiger charge is -2.39. The molecule has 0 spiro atoms. The van der Waals surface area contributed by atoms with Crippen molar-refractivity contribution < 1.29 is 4.79 Å². The fraction of sp³-hybridized carbons (Fsp3) is 0.500. The molecule has 1 saturated heterocycles. The highest BCUT2D eigenvalue weighted by Crippen LogP contribution is 2.28. The largest absolute Gasteiger partial charge is 0.300 e. The molecule has 3 aromatic rings. The molecule has 1 aliphatic carbocycles. The third-order valence-electron chi connectivity index (χ3n) is 7.25. The second-order valence-electron chi connectivity index (χ2n) is 9.39. The van der Waals surface area contributed by atoms with Gasteiger partial charge in [0.25, 0.3) is 0 Å². The summed E-state index contributed by atoms with van der Waals surface area (Å²) in [6.45, 7) is 2.17. The number of hydrogen-bond acceptors (Lipinski definition) is 4. The van der Waals surface area contributed by atoms with Gasteiger partial charge in [0.05, 0.1) is 6.20 Å². The summed E-state index contributed by atoms with van der Waals surface area (Å²) in [6.07, 6.45) is 15.1. The van der Waals surface area contributed by atoms with Crippen molar-refractivity contribution in [3.8, 4) is 11.1 Å². The van der Waals surface area contributed by atoms with Crippen LogP contribution in [0.5, 0.6) is 0 Å². The van der Waals surface area contributed by atoms with Crippen molar-refractivity contribution in [2.24, 2.45) is 13.0 Å². The number of nitrogens with zero attached hydrogens (tertiary/aromatic N) is 4. The van der Waals surface area contributed by atoms with Crippen molar-refractivity contribution in [3.63, 3.8) is 0 Å². The molecule has 2 fully saturated rings. The molecule has 0 bridgehead atoms. The van der Waals surface area contributed by atoms with E-state index in [0.717, 1.165) is 59.6 Å². The summed E-state index contributed by atoms with van der Waals surface area (Å²) in [4.78, 5) is 20.2. The minimum Gasteiger partial charge on any atom is -0.300 e. The van der Waals surface area contributed by atoms with Gasteiger partial charge in [0.2, 0.25) is 0 Å². The van der Waals surface area contributed by atoms with Crippen LogP contribution >= 0.6 is 0 Å². The Hall–Kier alpha value is -2.53. The van der Waals surface area contributed by atoms with Crippen LogP contribution in [0.25, 0.3) is 21.9 Å². The number of piperidine rings is 1. The molecule has 2 aliphatic rings. The van der Waals surface area contributed by atoms with Crippen LogP contribution in [0.3, 0.4) is 0 Å². The van der Waals surface area contributed by atoms with Gasteiger partial charge in [-0.05, 0) is 61.9 Å². The molecule has 0 unspecified atom stereocenters. The van der Waals surface area contributed by atoms with Crippen molar-refractivity contribution in [2.45, 2.75) is 57.4 Å². The lowest BCUT2D eigenvalue weighted by molar-refractivity contribution is -0.123. The molecule has 5 nitrogen and oxygen atoms in total. The molecule has 0 N–H and O–H groups in total. The second kappa shape index (κ2) is 8.91. The van der Waals surface area contributed by atoms with Crippen LogP contribution in [0.1, 0.15) is 50.6 Å². The number of Topliss-reactive ketones (excluding diaryl/α,β-unsaturated/α-hetero) is 1. The lowest BCUT2D eigenvalue weighted by Crippen LogP contribution is -2.43. The van der Waals surface area contributed by atoms with Crippen LogP contribution in [0, 0.1) is 5.92 Å². The van der Waals surface area contributed by atoms with Gasteiger partial charge in [-0.2, -0.15) is 5.10 Å². The number of carbonyl (C=O) groups is 1. The highest BCUT2D eigenvalue weighted by Gasteiger charge is 2.29. The molecule has 2 aromatic heterocycles. The Morgan fingerprint density at radius 1 is 0.968 bits per heavy atom. The SMILES string of the molecule is Cn1cc(-c2ccc3cnc(CC(=O)C4CCN(C5CCCCC5)CC4)cc3c2)cn1. The van der Waals surface area contributed by atoms with E-state index in [9.17, 15) is 4.79 Å². The van der Waals surface area contributed by atoms with E-state index < -0.39 is 0 Å². The average Bonchev–Trinajstić information content (AvgIpc) is 3.25. The fourth-order valence-electron chi connectivity index (χ4n) is 5.39. The van der Waals surface area contributed by atoms with Gasteiger partial charge in [-0.15, -0.1) is 0 Å². The van der Waals surface area contributed by atoms with Crippen LogP contribution in [0.15, 0.2) is 42.9 Å². The maximum absolute atomic E-state index is 13.0. The predicted octanol–water partition coefficient (Wildman–Crippen LogP) is 4.79. The summed E-state index contributed by atoms with van der Waals surface area (Å²) in [7, 11) is 1.93. The molecule has 1 saturated carbocycles. The van der Waals surface area contributed by atoms with E-state index in [4.69, 9.17) is 0 Å². The number of likely N-dealkylation sites (tertiary alicyclic amines) is 1. The van der Waals surface area contributed by atoms with E-state index in [0.29, 0.717) is 12.2 Å². The van der Waals surface area contributed by atoms with E-state index in [1.54, 1.807) is 0 Å². The number of carbonyl (C=O) groups excluding carboxylic acids is 1. The summed E-state index contributed by atoms with van der Waals surface area (Å²) >= 11 is 0. The van der Waals surface area contributed by atoms with Crippen LogP contribution in [0.2, 0.25) is 0 Å². The van der Waals surface area contributed by atoms with Gasteiger partial charge in [0, 0.05) is 54.5 Å². The van der Waals surface area contributed by atoms with Crippen molar-refractivity contribution in [2.75, 3.05) is 13.1 Å². The maximum atomic E-state index is 13.0. The molecule has 0 atom stereocenters. The Morgan fingerprint density at radius 2 is 1.77 bits per heavy atom. The van der Waals surface area contributed by atoms with Gasteiger partial charge < -0.3 is 4.90 Å².